The maximum atomic E-state index is 2.36. The molecule has 1 heteroatoms. The first kappa shape index (κ1) is 11.0. The van der Waals surface area contributed by atoms with Crippen molar-refractivity contribution in [3.63, 3.8) is 0 Å². The zero-order valence-corrected chi connectivity index (χ0v) is 8.85. The van der Waals surface area contributed by atoms with Gasteiger partial charge in [0.05, 0.1) is 27.2 Å². The average molecular weight is 158 g/mol. The van der Waals surface area contributed by atoms with E-state index < -0.39 is 0 Å². The van der Waals surface area contributed by atoms with Crippen molar-refractivity contribution in [2.75, 3.05) is 27.2 Å². The second-order valence-electron chi connectivity index (χ2n) is 4.07. The van der Waals surface area contributed by atoms with E-state index >= 15 is 0 Å². The van der Waals surface area contributed by atoms with Crippen molar-refractivity contribution >= 4 is 0 Å². The van der Waals surface area contributed by atoms with Gasteiger partial charge < -0.3 is 4.48 Å². The van der Waals surface area contributed by atoms with Crippen LogP contribution >= 0.6 is 0 Å². The van der Waals surface area contributed by atoms with Crippen molar-refractivity contribution < 1.29 is 4.48 Å². The summed E-state index contributed by atoms with van der Waals surface area (Å²) in [5.74, 6) is 0.983. The maximum Gasteiger partial charge on any atom is 0.0785 e. The van der Waals surface area contributed by atoms with Gasteiger partial charge in [-0.15, -0.1) is 0 Å². The topological polar surface area (TPSA) is 0 Å². The highest BCUT2D eigenvalue weighted by atomic mass is 15.3. The molecule has 0 amide bonds. The SMILES string of the molecule is CC.CC1CC[N+](C)(C)CC1. The fraction of sp³-hybridized carbons (Fsp3) is 1.00. The number of likely N-dealkylation sites (tertiary alicyclic amines) is 1. The Morgan fingerprint density at radius 2 is 1.36 bits per heavy atom. The lowest BCUT2D eigenvalue weighted by Crippen LogP contribution is -2.45. The largest absolute Gasteiger partial charge is 0.328 e. The fourth-order valence-electron chi connectivity index (χ4n) is 1.40. The number of hydrogen-bond acceptors (Lipinski definition) is 0. The number of hydrogen-bond donors (Lipinski definition) is 0. The summed E-state index contributed by atoms with van der Waals surface area (Å²) in [5.41, 5.74) is 0. The summed E-state index contributed by atoms with van der Waals surface area (Å²) in [6.45, 7) is 9.11. The molecule has 0 aromatic carbocycles. The molecule has 11 heavy (non-hydrogen) atoms. The van der Waals surface area contributed by atoms with E-state index in [-0.39, 0.29) is 0 Å². The Morgan fingerprint density at radius 1 is 1.00 bits per heavy atom. The van der Waals surface area contributed by atoms with E-state index in [0.29, 0.717) is 0 Å². The van der Waals surface area contributed by atoms with Gasteiger partial charge in [-0.2, -0.15) is 0 Å². The van der Waals surface area contributed by atoms with Crippen LogP contribution in [0.2, 0.25) is 0 Å². The molecule has 0 aliphatic carbocycles. The molecule has 1 aliphatic rings. The highest BCUT2D eigenvalue weighted by Crippen LogP contribution is 2.18. The normalized spacial score (nSPS) is 23.7. The van der Waals surface area contributed by atoms with E-state index in [9.17, 15) is 0 Å². The molecule has 1 rings (SSSR count). The van der Waals surface area contributed by atoms with Crippen LogP contribution in [0.1, 0.15) is 33.6 Å². The minimum absolute atomic E-state index is 0.983. The molecule has 1 fully saturated rings. The molecule has 0 spiro atoms. The van der Waals surface area contributed by atoms with Crippen LogP contribution in [-0.2, 0) is 0 Å². The average Bonchev–Trinajstić information content (AvgIpc) is 2.00. The van der Waals surface area contributed by atoms with Crippen LogP contribution < -0.4 is 0 Å². The molecule has 0 bridgehead atoms. The van der Waals surface area contributed by atoms with Crippen LogP contribution in [-0.4, -0.2) is 31.7 Å². The van der Waals surface area contributed by atoms with Crippen LogP contribution in [0.3, 0.4) is 0 Å². The fourth-order valence-corrected chi connectivity index (χ4v) is 1.40. The van der Waals surface area contributed by atoms with Gasteiger partial charge in [-0.3, -0.25) is 0 Å². The van der Waals surface area contributed by atoms with Crippen molar-refractivity contribution in [3.05, 3.63) is 0 Å². The molecule has 1 nitrogen and oxygen atoms in total. The Morgan fingerprint density at radius 3 is 1.64 bits per heavy atom. The lowest BCUT2D eigenvalue weighted by atomic mass is 9.98. The molecule has 0 aromatic heterocycles. The van der Waals surface area contributed by atoms with Crippen LogP contribution in [0, 0.1) is 5.92 Å². The predicted octanol–water partition coefficient (Wildman–Crippen LogP) is 2.52. The van der Waals surface area contributed by atoms with Gasteiger partial charge >= 0.3 is 0 Å². The van der Waals surface area contributed by atoms with Crippen molar-refractivity contribution in [2.24, 2.45) is 5.92 Å². The zero-order valence-electron chi connectivity index (χ0n) is 8.85. The molecule has 0 saturated carbocycles. The van der Waals surface area contributed by atoms with Crippen LogP contribution in [0.15, 0.2) is 0 Å². The molecule has 1 saturated heterocycles. The van der Waals surface area contributed by atoms with E-state index in [1.807, 2.05) is 13.8 Å². The van der Waals surface area contributed by atoms with Crippen molar-refractivity contribution in [3.8, 4) is 0 Å². The quantitative estimate of drug-likeness (QED) is 0.475. The molecule has 68 valence electrons. The summed E-state index contributed by atoms with van der Waals surface area (Å²) in [4.78, 5) is 0. The number of quaternary nitrogens is 1. The summed E-state index contributed by atoms with van der Waals surface area (Å²) >= 11 is 0. The third-order valence-electron chi connectivity index (χ3n) is 2.45. The number of nitrogens with zero attached hydrogens (tertiary/aromatic N) is 1. The predicted molar refractivity (Wildman–Crippen MR) is 51.6 cm³/mol. The molecule has 0 atom stereocenters. The van der Waals surface area contributed by atoms with Crippen molar-refractivity contribution in [1.29, 1.82) is 0 Å². The summed E-state index contributed by atoms with van der Waals surface area (Å²) in [5, 5.41) is 0. The third-order valence-corrected chi connectivity index (χ3v) is 2.45. The van der Waals surface area contributed by atoms with E-state index in [0.717, 1.165) is 5.92 Å². The van der Waals surface area contributed by atoms with Crippen LogP contribution in [0.25, 0.3) is 0 Å². The smallest absolute Gasteiger partial charge is 0.0785 e. The van der Waals surface area contributed by atoms with Gasteiger partial charge in [0.25, 0.3) is 0 Å². The second-order valence-corrected chi connectivity index (χ2v) is 4.07. The van der Waals surface area contributed by atoms with Crippen molar-refractivity contribution in [2.45, 2.75) is 33.6 Å². The Hall–Kier alpha value is -0.0400. The van der Waals surface area contributed by atoms with Gasteiger partial charge in [0.1, 0.15) is 0 Å². The van der Waals surface area contributed by atoms with Gasteiger partial charge in [-0.1, -0.05) is 20.8 Å². The van der Waals surface area contributed by atoms with Crippen molar-refractivity contribution in [1.82, 2.24) is 0 Å². The summed E-state index contributed by atoms with van der Waals surface area (Å²) in [6.07, 6.45) is 2.85. The Bertz CT molecular complexity index is 87.0. The Balaban J connectivity index is 0.000000461. The Labute approximate surface area is 72.0 Å². The van der Waals surface area contributed by atoms with Gasteiger partial charge in [-0.05, 0) is 18.8 Å². The maximum absolute atomic E-state index is 2.36. The standard InChI is InChI=1S/C8H18N.C2H6/c1-8-4-6-9(2,3)7-5-8;1-2/h8H,4-7H2,1-3H3;1-2H3/q+1;. The van der Waals surface area contributed by atoms with Crippen LogP contribution in [0.5, 0.6) is 0 Å². The van der Waals surface area contributed by atoms with Gasteiger partial charge in [0.15, 0.2) is 0 Å². The monoisotopic (exact) mass is 158 g/mol. The molecular weight excluding hydrogens is 134 g/mol. The first-order chi connectivity index (χ1) is 5.10. The minimum Gasteiger partial charge on any atom is -0.328 e. The van der Waals surface area contributed by atoms with E-state index in [1.54, 1.807) is 0 Å². The molecule has 0 unspecified atom stereocenters. The highest BCUT2D eigenvalue weighted by molar-refractivity contribution is 4.57. The lowest BCUT2D eigenvalue weighted by molar-refractivity contribution is -0.896. The zero-order chi connectivity index (χ0) is 8.91. The summed E-state index contributed by atoms with van der Waals surface area (Å²) < 4.78 is 1.24. The number of rotatable bonds is 0. The summed E-state index contributed by atoms with van der Waals surface area (Å²) in [7, 11) is 4.65. The first-order valence-corrected chi connectivity index (χ1v) is 4.92. The third kappa shape index (κ3) is 4.41. The Kier molecular flexibility index (Phi) is 4.74. The van der Waals surface area contributed by atoms with E-state index in [4.69, 9.17) is 0 Å². The van der Waals surface area contributed by atoms with Gasteiger partial charge in [-0.25, -0.2) is 0 Å². The lowest BCUT2D eigenvalue weighted by Gasteiger charge is -2.35. The van der Waals surface area contributed by atoms with E-state index in [1.165, 1.54) is 30.4 Å². The van der Waals surface area contributed by atoms with Gasteiger partial charge in [0, 0.05) is 0 Å². The van der Waals surface area contributed by atoms with Crippen LogP contribution in [0.4, 0.5) is 0 Å². The molecular formula is C10H24N+. The number of piperidine rings is 1. The highest BCUT2D eigenvalue weighted by Gasteiger charge is 2.22. The molecule has 0 aromatic rings. The first-order valence-electron chi connectivity index (χ1n) is 4.92. The summed E-state index contributed by atoms with van der Waals surface area (Å²) in [6, 6.07) is 0. The van der Waals surface area contributed by atoms with E-state index in [2.05, 4.69) is 21.0 Å². The molecule has 1 aliphatic heterocycles. The molecule has 0 radical (unpaired) electrons. The second kappa shape index (κ2) is 4.76. The van der Waals surface area contributed by atoms with Gasteiger partial charge in [0.2, 0.25) is 0 Å². The minimum atomic E-state index is 0.983. The molecule has 1 heterocycles. The molecule has 0 N–H and O–H groups in total.